The van der Waals surface area contributed by atoms with E-state index in [1.165, 1.54) is 13.3 Å². The van der Waals surface area contributed by atoms with Gasteiger partial charge in [-0.3, -0.25) is 4.79 Å². The molecule has 136 valence electrons. The third-order valence-corrected chi connectivity index (χ3v) is 3.83. The van der Waals surface area contributed by atoms with E-state index in [4.69, 9.17) is 30.5 Å². The van der Waals surface area contributed by atoms with E-state index < -0.39 is 0 Å². The van der Waals surface area contributed by atoms with Gasteiger partial charge >= 0.3 is 0 Å². The zero-order valence-electron chi connectivity index (χ0n) is 14.2. The Morgan fingerprint density at radius 2 is 2.12 bits per heavy atom. The summed E-state index contributed by atoms with van der Waals surface area (Å²) in [6, 6.07) is 8.31. The Labute approximate surface area is 155 Å². The first-order valence-corrected chi connectivity index (χ1v) is 8.23. The molecule has 2 aromatic rings. The van der Waals surface area contributed by atoms with Crippen LogP contribution in [0.5, 0.6) is 23.0 Å². The lowest BCUT2D eigenvalue weighted by molar-refractivity contribution is 0.0954. The third kappa shape index (κ3) is 3.83. The molecule has 2 aromatic carbocycles. The van der Waals surface area contributed by atoms with Crippen molar-refractivity contribution in [1.82, 2.24) is 5.43 Å². The Kier molecular flexibility index (Phi) is 5.48. The fourth-order valence-corrected chi connectivity index (χ4v) is 2.69. The SMILES string of the molecule is CCOc1cc(/C=N\NC(=O)c2ccc3c(c2)OCO3)cc(Cl)c1OC. The molecular weight excluding hydrogens is 360 g/mol. The van der Waals surface area contributed by atoms with Gasteiger partial charge in [-0.2, -0.15) is 5.10 Å². The maximum Gasteiger partial charge on any atom is 0.271 e. The van der Waals surface area contributed by atoms with E-state index in [9.17, 15) is 4.79 Å². The van der Waals surface area contributed by atoms with Crippen LogP contribution < -0.4 is 24.4 Å². The number of fused-ring (bicyclic) bond motifs is 1. The van der Waals surface area contributed by atoms with Gasteiger partial charge in [-0.25, -0.2) is 5.43 Å². The quantitative estimate of drug-likeness (QED) is 0.618. The molecule has 0 atom stereocenters. The second-order valence-electron chi connectivity index (χ2n) is 5.23. The molecule has 3 rings (SSSR count). The smallest absolute Gasteiger partial charge is 0.271 e. The minimum Gasteiger partial charge on any atom is -0.491 e. The van der Waals surface area contributed by atoms with Gasteiger partial charge in [-0.1, -0.05) is 11.6 Å². The molecule has 0 aromatic heterocycles. The molecule has 0 aliphatic carbocycles. The number of nitrogens with zero attached hydrogens (tertiary/aromatic N) is 1. The fraction of sp³-hybridized carbons (Fsp3) is 0.222. The predicted molar refractivity (Wildman–Crippen MR) is 96.8 cm³/mol. The first-order valence-electron chi connectivity index (χ1n) is 7.85. The number of hydrogen-bond donors (Lipinski definition) is 1. The average molecular weight is 377 g/mol. The number of hydrogen-bond acceptors (Lipinski definition) is 6. The van der Waals surface area contributed by atoms with E-state index in [0.717, 1.165) is 0 Å². The standard InChI is InChI=1S/C18H17ClN2O5/c1-3-24-16-7-11(6-13(19)17(16)23-2)9-20-21-18(22)12-4-5-14-15(8-12)26-10-25-14/h4-9H,3,10H2,1-2H3,(H,21,22)/b20-9-. The summed E-state index contributed by atoms with van der Waals surface area (Å²) in [4.78, 5) is 12.2. The molecule has 26 heavy (non-hydrogen) atoms. The van der Waals surface area contributed by atoms with Gasteiger partial charge in [0.25, 0.3) is 5.91 Å². The van der Waals surface area contributed by atoms with E-state index in [0.29, 0.717) is 45.8 Å². The van der Waals surface area contributed by atoms with Crippen LogP contribution in [0, 0.1) is 0 Å². The van der Waals surface area contributed by atoms with Gasteiger partial charge in [0.15, 0.2) is 23.0 Å². The monoisotopic (exact) mass is 376 g/mol. The normalized spacial score (nSPS) is 12.3. The van der Waals surface area contributed by atoms with Gasteiger partial charge in [0.05, 0.1) is 25.0 Å². The van der Waals surface area contributed by atoms with Crippen LogP contribution in [0.2, 0.25) is 5.02 Å². The summed E-state index contributed by atoms with van der Waals surface area (Å²) < 4.78 is 21.2. The van der Waals surface area contributed by atoms with Crippen LogP contribution in [-0.2, 0) is 0 Å². The van der Waals surface area contributed by atoms with E-state index in [2.05, 4.69) is 10.5 Å². The molecule has 1 heterocycles. The Bertz CT molecular complexity index is 854. The molecule has 1 N–H and O–H groups in total. The first-order chi connectivity index (χ1) is 12.6. The number of methoxy groups -OCH3 is 1. The Balaban J connectivity index is 1.71. The number of rotatable bonds is 6. The number of nitrogens with one attached hydrogen (secondary N) is 1. The third-order valence-electron chi connectivity index (χ3n) is 3.55. The number of ether oxygens (including phenoxy) is 4. The van der Waals surface area contributed by atoms with E-state index in [1.54, 1.807) is 30.3 Å². The summed E-state index contributed by atoms with van der Waals surface area (Å²) in [6.45, 7) is 2.48. The van der Waals surface area contributed by atoms with Crippen LogP contribution in [0.15, 0.2) is 35.4 Å². The highest BCUT2D eigenvalue weighted by molar-refractivity contribution is 6.32. The van der Waals surface area contributed by atoms with Crippen molar-refractivity contribution in [3.05, 3.63) is 46.5 Å². The highest BCUT2D eigenvalue weighted by atomic mass is 35.5. The first kappa shape index (κ1) is 17.9. The van der Waals surface area contributed by atoms with Gasteiger partial charge in [-0.05, 0) is 42.8 Å². The zero-order chi connectivity index (χ0) is 18.5. The number of halogens is 1. The van der Waals surface area contributed by atoms with E-state index in [-0.39, 0.29) is 12.7 Å². The molecule has 8 heteroatoms. The Morgan fingerprint density at radius 1 is 1.31 bits per heavy atom. The highest BCUT2D eigenvalue weighted by Crippen LogP contribution is 2.36. The van der Waals surface area contributed by atoms with Gasteiger partial charge in [0.2, 0.25) is 6.79 Å². The predicted octanol–water partition coefficient (Wildman–Crippen LogP) is 3.24. The Hall–Kier alpha value is -2.93. The molecule has 0 bridgehead atoms. The van der Waals surface area contributed by atoms with Crippen LogP contribution in [-0.4, -0.2) is 32.6 Å². The fourth-order valence-electron chi connectivity index (χ4n) is 2.39. The Morgan fingerprint density at radius 3 is 2.88 bits per heavy atom. The molecule has 0 unspecified atom stereocenters. The number of benzene rings is 2. The highest BCUT2D eigenvalue weighted by Gasteiger charge is 2.16. The van der Waals surface area contributed by atoms with Crippen molar-refractivity contribution >= 4 is 23.7 Å². The molecule has 7 nitrogen and oxygen atoms in total. The van der Waals surface area contributed by atoms with Crippen LogP contribution in [0.3, 0.4) is 0 Å². The molecule has 0 saturated heterocycles. The van der Waals surface area contributed by atoms with Crippen molar-refractivity contribution in [3.8, 4) is 23.0 Å². The van der Waals surface area contributed by atoms with E-state index >= 15 is 0 Å². The van der Waals surface area contributed by atoms with Crippen LogP contribution >= 0.6 is 11.6 Å². The summed E-state index contributed by atoms with van der Waals surface area (Å²) in [5.41, 5.74) is 3.53. The van der Waals surface area contributed by atoms with Crippen molar-refractivity contribution in [2.45, 2.75) is 6.92 Å². The second-order valence-corrected chi connectivity index (χ2v) is 5.64. The second kappa shape index (κ2) is 7.97. The largest absolute Gasteiger partial charge is 0.491 e. The molecule has 0 saturated carbocycles. The summed E-state index contributed by atoms with van der Waals surface area (Å²) in [7, 11) is 1.52. The van der Waals surface area contributed by atoms with Crippen molar-refractivity contribution < 1.29 is 23.7 Å². The van der Waals surface area contributed by atoms with Gasteiger partial charge in [-0.15, -0.1) is 0 Å². The topological polar surface area (TPSA) is 78.4 Å². The molecule has 1 aliphatic heterocycles. The lowest BCUT2D eigenvalue weighted by Crippen LogP contribution is -2.17. The molecule has 0 radical (unpaired) electrons. The van der Waals surface area contributed by atoms with Crippen molar-refractivity contribution in [2.24, 2.45) is 5.10 Å². The summed E-state index contributed by atoms with van der Waals surface area (Å²) in [5, 5.41) is 4.35. The van der Waals surface area contributed by atoms with Gasteiger partial charge in [0, 0.05) is 5.56 Å². The molecule has 1 aliphatic rings. The van der Waals surface area contributed by atoms with Crippen LogP contribution in [0.25, 0.3) is 0 Å². The maximum absolute atomic E-state index is 12.2. The van der Waals surface area contributed by atoms with Crippen molar-refractivity contribution in [2.75, 3.05) is 20.5 Å². The average Bonchev–Trinajstić information content (AvgIpc) is 3.09. The lowest BCUT2D eigenvalue weighted by Gasteiger charge is -2.11. The minimum atomic E-state index is -0.371. The zero-order valence-corrected chi connectivity index (χ0v) is 15.0. The number of amides is 1. The molecular formula is C18H17ClN2O5. The molecule has 1 amide bonds. The molecule has 0 spiro atoms. The maximum atomic E-state index is 12.2. The summed E-state index contributed by atoms with van der Waals surface area (Å²) in [5.74, 6) is 1.73. The number of carbonyl (C=O) groups is 1. The van der Waals surface area contributed by atoms with Crippen LogP contribution in [0.1, 0.15) is 22.8 Å². The lowest BCUT2D eigenvalue weighted by atomic mass is 10.2. The number of carbonyl (C=O) groups excluding carboxylic acids is 1. The number of hydrazone groups is 1. The van der Waals surface area contributed by atoms with Gasteiger partial charge < -0.3 is 18.9 Å². The van der Waals surface area contributed by atoms with Crippen molar-refractivity contribution in [1.29, 1.82) is 0 Å². The van der Waals surface area contributed by atoms with Crippen molar-refractivity contribution in [3.63, 3.8) is 0 Å². The van der Waals surface area contributed by atoms with E-state index in [1.807, 2.05) is 6.92 Å². The summed E-state index contributed by atoms with van der Waals surface area (Å²) in [6.07, 6.45) is 1.47. The van der Waals surface area contributed by atoms with Gasteiger partial charge in [0.1, 0.15) is 0 Å². The van der Waals surface area contributed by atoms with Crippen LogP contribution in [0.4, 0.5) is 0 Å². The molecule has 0 fully saturated rings. The minimum absolute atomic E-state index is 0.152. The summed E-state index contributed by atoms with van der Waals surface area (Å²) >= 11 is 6.18.